The highest BCUT2D eigenvalue weighted by Crippen LogP contribution is 2.48. The first-order valence-electron chi connectivity index (χ1n) is 10.7. The largest absolute Gasteiger partial charge is 0.476 e. The van der Waals surface area contributed by atoms with Crippen molar-refractivity contribution in [1.29, 1.82) is 0 Å². The Morgan fingerprint density at radius 3 is 2.79 bits per heavy atom. The van der Waals surface area contributed by atoms with Gasteiger partial charge in [0.25, 0.3) is 0 Å². The number of rotatable bonds is 7. The lowest BCUT2D eigenvalue weighted by Gasteiger charge is -2.25. The van der Waals surface area contributed by atoms with Crippen molar-refractivity contribution in [2.75, 3.05) is 13.2 Å². The van der Waals surface area contributed by atoms with E-state index in [0.29, 0.717) is 25.0 Å². The molecule has 154 valence electrons. The first-order chi connectivity index (χ1) is 14.1. The third-order valence-electron chi connectivity index (χ3n) is 6.11. The summed E-state index contributed by atoms with van der Waals surface area (Å²) in [6.45, 7) is 5.28. The van der Waals surface area contributed by atoms with Crippen LogP contribution >= 0.6 is 0 Å². The number of hydrogen-bond acceptors (Lipinski definition) is 6. The van der Waals surface area contributed by atoms with Crippen LogP contribution in [0.1, 0.15) is 57.6 Å². The number of carbonyl (C=O) groups excluding carboxylic acids is 1. The highest BCUT2D eigenvalue weighted by Gasteiger charge is 2.46. The zero-order valence-electron chi connectivity index (χ0n) is 17.2. The highest BCUT2D eigenvalue weighted by molar-refractivity contribution is 5.77. The molecule has 0 bridgehead atoms. The summed E-state index contributed by atoms with van der Waals surface area (Å²) in [5, 5.41) is 8.27. The Hall–Kier alpha value is -2.50. The summed E-state index contributed by atoms with van der Waals surface area (Å²) >= 11 is 0. The molecule has 2 aliphatic carbocycles. The highest BCUT2D eigenvalue weighted by atomic mass is 16.5. The van der Waals surface area contributed by atoms with Gasteiger partial charge in [-0.2, -0.15) is 5.10 Å². The van der Waals surface area contributed by atoms with Crippen LogP contribution in [-0.2, 0) is 9.53 Å². The molecular formula is C23H29N3O3. The third kappa shape index (κ3) is 4.92. The standard InChI is InChI=1S/C23H29N3O3/c1-3-28-23(27)20-12-19(20)21-10-17(8-9-24-21)18-11-22(26-25-13-18)29-14-16-6-4-15(2)5-7-16/h8-11,13,15-16,19-20H,3-7,12,14H2,1-2H3. The molecular weight excluding hydrogens is 366 g/mol. The summed E-state index contributed by atoms with van der Waals surface area (Å²) in [4.78, 5) is 16.4. The molecule has 6 heteroatoms. The number of hydrogen-bond donors (Lipinski definition) is 0. The first-order valence-corrected chi connectivity index (χ1v) is 10.7. The third-order valence-corrected chi connectivity index (χ3v) is 6.11. The fourth-order valence-electron chi connectivity index (χ4n) is 4.14. The van der Waals surface area contributed by atoms with Gasteiger partial charge in [0.05, 0.1) is 25.3 Å². The number of pyridine rings is 1. The van der Waals surface area contributed by atoms with Gasteiger partial charge in [0.1, 0.15) is 0 Å². The number of ether oxygens (including phenoxy) is 2. The lowest BCUT2D eigenvalue weighted by Crippen LogP contribution is -2.19. The van der Waals surface area contributed by atoms with Gasteiger partial charge in [-0.05, 0) is 55.7 Å². The normalized spacial score (nSPS) is 26.0. The SMILES string of the molecule is CCOC(=O)C1CC1c1cc(-c2cnnc(OCC3CCC(C)CC3)c2)ccn1. The monoisotopic (exact) mass is 395 g/mol. The fourth-order valence-corrected chi connectivity index (χ4v) is 4.14. The van der Waals surface area contributed by atoms with Gasteiger partial charge in [0.15, 0.2) is 0 Å². The van der Waals surface area contributed by atoms with Crippen molar-refractivity contribution in [3.63, 3.8) is 0 Å². The number of esters is 1. The van der Waals surface area contributed by atoms with Crippen molar-refractivity contribution >= 4 is 5.97 Å². The minimum atomic E-state index is -0.122. The van der Waals surface area contributed by atoms with Crippen molar-refractivity contribution in [3.8, 4) is 17.0 Å². The summed E-state index contributed by atoms with van der Waals surface area (Å²) in [7, 11) is 0. The molecule has 2 atom stereocenters. The number of aromatic nitrogens is 3. The zero-order chi connectivity index (χ0) is 20.2. The molecule has 2 unspecified atom stereocenters. The van der Waals surface area contributed by atoms with Crippen molar-refractivity contribution < 1.29 is 14.3 Å². The summed E-state index contributed by atoms with van der Waals surface area (Å²) in [6, 6.07) is 5.93. The maximum absolute atomic E-state index is 11.9. The Balaban J connectivity index is 1.40. The molecule has 0 aromatic carbocycles. The molecule has 2 aliphatic rings. The summed E-state index contributed by atoms with van der Waals surface area (Å²) in [5.74, 6) is 1.97. The first kappa shape index (κ1) is 19.8. The predicted octanol–water partition coefficient (Wildman–Crippen LogP) is 4.41. The summed E-state index contributed by atoms with van der Waals surface area (Å²) < 4.78 is 11.1. The molecule has 4 rings (SSSR count). The van der Waals surface area contributed by atoms with Crippen molar-refractivity contribution in [3.05, 3.63) is 36.3 Å². The molecule has 0 saturated heterocycles. The van der Waals surface area contributed by atoms with E-state index in [0.717, 1.165) is 29.2 Å². The van der Waals surface area contributed by atoms with Crippen molar-refractivity contribution in [2.45, 2.75) is 51.9 Å². The molecule has 6 nitrogen and oxygen atoms in total. The maximum atomic E-state index is 11.9. The van der Waals surface area contributed by atoms with E-state index in [-0.39, 0.29) is 17.8 Å². The second-order valence-corrected chi connectivity index (χ2v) is 8.39. The van der Waals surface area contributed by atoms with E-state index >= 15 is 0 Å². The van der Waals surface area contributed by atoms with Crippen LogP contribution in [0.25, 0.3) is 11.1 Å². The smallest absolute Gasteiger partial charge is 0.309 e. The van der Waals surface area contributed by atoms with Gasteiger partial charge in [-0.3, -0.25) is 9.78 Å². The van der Waals surface area contributed by atoms with Crippen LogP contribution < -0.4 is 4.74 Å². The lowest BCUT2D eigenvalue weighted by atomic mass is 9.83. The second-order valence-electron chi connectivity index (χ2n) is 8.39. The molecule has 2 fully saturated rings. The predicted molar refractivity (Wildman–Crippen MR) is 109 cm³/mol. The van der Waals surface area contributed by atoms with Gasteiger partial charge in [0, 0.05) is 29.4 Å². The van der Waals surface area contributed by atoms with Crippen LogP contribution in [0, 0.1) is 17.8 Å². The second kappa shape index (κ2) is 8.89. The molecule has 2 heterocycles. The van der Waals surface area contributed by atoms with Gasteiger partial charge in [-0.25, -0.2) is 0 Å². The maximum Gasteiger partial charge on any atom is 0.309 e. The Labute approximate surface area is 172 Å². The van der Waals surface area contributed by atoms with Crippen LogP contribution in [0.5, 0.6) is 5.88 Å². The number of carbonyl (C=O) groups is 1. The van der Waals surface area contributed by atoms with E-state index in [9.17, 15) is 4.79 Å². The van der Waals surface area contributed by atoms with Gasteiger partial charge in [0.2, 0.25) is 5.88 Å². The Morgan fingerprint density at radius 1 is 1.17 bits per heavy atom. The van der Waals surface area contributed by atoms with Gasteiger partial charge >= 0.3 is 5.97 Å². The molecule has 29 heavy (non-hydrogen) atoms. The van der Waals surface area contributed by atoms with E-state index in [4.69, 9.17) is 9.47 Å². The van der Waals surface area contributed by atoms with E-state index in [1.54, 1.807) is 12.4 Å². The average Bonchev–Trinajstić information content (AvgIpc) is 3.55. The fraction of sp³-hybridized carbons (Fsp3) is 0.565. The van der Waals surface area contributed by atoms with Crippen LogP contribution in [0.2, 0.25) is 0 Å². The van der Waals surface area contributed by atoms with Crippen LogP contribution in [0.15, 0.2) is 30.6 Å². The Morgan fingerprint density at radius 2 is 2.00 bits per heavy atom. The molecule has 2 aromatic rings. The lowest BCUT2D eigenvalue weighted by molar-refractivity contribution is -0.144. The van der Waals surface area contributed by atoms with Gasteiger partial charge < -0.3 is 9.47 Å². The molecule has 0 N–H and O–H groups in total. The van der Waals surface area contributed by atoms with E-state index < -0.39 is 0 Å². The van der Waals surface area contributed by atoms with Crippen molar-refractivity contribution in [2.24, 2.45) is 17.8 Å². The van der Waals surface area contributed by atoms with E-state index in [1.165, 1.54) is 25.7 Å². The molecule has 0 spiro atoms. The molecule has 2 saturated carbocycles. The number of nitrogens with zero attached hydrogens (tertiary/aromatic N) is 3. The Kier molecular flexibility index (Phi) is 6.07. The van der Waals surface area contributed by atoms with Gasteiger partial charge in [-0.1, -0.05) is 19.8 Å². The van der Waals surface area contributed by atoms with Crippen LogP contribution in [-0.4, -0.2) is 34.4 Å². The molecule has 2 aromatic heterocycles. The van der Waals surface area contributed by atoms with E-state index in [1.807, 2.05) is 25.1 Å². The van der Waals surface area contributed by atoms with Crippen LogP contribution in [0.3, 0.4) is 0 Å². The minimum Gasteiger partial charge on any atom is -0.476 e. The van der Waals surface area contributed by atoms with Crippen LogP contribution in [0.4, 0.5) is 0 Å². The molecule has 0 radical (unpaired) electrons. The zero-order valence-corrected chi connectivity index (χ0v) is 17.2. The molecule has 0 aliphatic heterocycles. The summed E-state index contributed by atoms with van der Waals surface area (Å²) in [6.07, 6.45) is 9.36. The van der Waals surface area contributed by atoms with Crippen molar-refractivity contribution in [1.82, 2.24) is 15.2 Å². The average molecular weight is 396 g/mol. The Bertz CT molecular complexity index is 849. The van der Waals surface area contributed by atoms with Gasteiger partial charge in [-0.15, -0.1) is 5.10 Å². The quantitative estimate of drug-likeness (QED) is 0.647. The minimum absolute atomic E-state index is 0.0645. The molecule has 0 amide bonds. The van der Waals surface area contributed by atoms with E-state index in [2.05, 4.69) is 22.1 Å². The topological polar surface area (TPSA) is 74.2 Å². The summed E-state index contributed by atoms with van der Waals surface area (Å²) in [5.41, 5.74) is 2.89.